The number of hydrogen-bond donors (Lipinski definition) is 0. The standard InChI is InChI=1S/C22H26ClN5O3/c1-14-6-7-17(23)13-18(14)26-9-11-27(12-10-26)19(29)5-4-8-28-22(30)21-20(15(2)24-28)16(3)31-25-21/h6-7,13H,4-5,8-12H2,1-3H3. The quantitative estimate of drug-likeness (QED) is 0.602. The highest BCUT2D eigenvalue weighted by Crippen LogP contribution is 2.25. The molecule has 0 N–H and O–H groups in total. The lowest BCUT2D eigenvalue weighted by Crippen LogP contribution is -2.49. The second kappa shape index (κ2) is 8.70. The van der Waals surface area contributed by atoms with Gasteiger partial charge in [-0.1, -0.05) is 22.8 Å². The predicted molar refractivity (Wildman–Crippen MR) is 120 cm³/mol. The molecule has 0 unspecified atom stereocenters. The van der Waals surface area contributed by atoms with Gasteiger partial charge in [0.1, 0.15) is 5.76 Å². The molecule has 31 heavy (non-hydrogen) atoms. The minimum atomic E-state index is -0.282. The fourth-order valence-corrected chi connectivity index (χ4v) is 4.32. The van der Waals surface area contributed by atoms with E-state index in [2.05, 4.69) is 22.1 Å². The molecule has 0 atom stereocenters. The van der Waals surface area contributed by atoms with Crippen LogP contribution < -0.4 is 10.5 Å². The van der Waals surface area contributed by atoms with Crippen molar-refractivity contribution in [2.24, 2.45) is 0 Å². The number of rotatable bonds is 5. The maximum atomic E-state index is 12.7. The van der Waals surface area contributed by atoms with Gasteiger partial charge in [-0.25, -0.2) is 4.68 Å². The normalized spacial score (nSPS) is 14.5. The molecule has 1 saturated heterocycles. The van der Waals surface area contributed by atoms with Crippen molar-refractivity contribution < 1.29 is 9.32 Å². The van der Waals surface area contributed by atoms with E-state index < -0.39 is 0 Å². The number of piperazine rings is 1. The fourth-order valence-electron chi connectivity index (χ4n) is 4.15. The molecule has 1 fully saturated rings. The molecule has 9 heteroatoms. The van der Waals surface area contributed by atoms with Crippen LogP contribution in [0.4, 0.5) is 5.69 Å². The molecule has 3 heterocycles. The molecular formula is C22H26ClN5O3. The zero-order valence-corrected chi connectivity index (χ0v) is 18.8. The molecule has 8 nitrogen and oxygen atoms in total. The summed E-state index contributed by atoms with van der Waals surface area (Å²) in [7, 11) is 0. The summed E-state index contributed by atoms with van der Waals surface area (Å²) in [6, 6.07) is 5.89. The third kappa shape index (κ3) is 4.30. The van der Waals surface area contributed by atoms with Crippen molar-refractivity contribution in [3.05, 3.63) is 50.6 Å². The average molecular weight is 444 g/mol. The van der Waals surface area contributed by atoms with Gasteiger partial charge in [-0.05, 0) is 44.9 Å². The van der Waals surface area contributed by atoms with E-state index >= 15 is 0 Å². The van der Waals surface area contributed by atoms with Gasteiger partial charge in [0.15, 0.2) is 5.52 Å². The van der Waals surface area contributed by atoms with Gasteiger partial charge in [0, 0.05) is 49.9 Å². The SMILES string of the molecule is Cc1ccc(Cl)cc1N1CCN(C(=O)CCCn2nc(C)c3c(C)onc3c2=O)CC1. The first-order valence-electron chi connectivity index (χ1n) is 10.5. The van der Waals surface area contributed by atoms with Crippen LogP contribution in [-0.4, -0.2) is 51.9 Å². The molecule has 1 aromatic carbocycles. The minimum Gasteiger partial charge on any atom is -0.368 e. The van der Waals surface area contributed by atoms with Crippen molar-refractivity contribution in [3.63, 3.8) is 0 Å². The Balaban J connectivity index is 1.32. The maximum Gasteiger partial charge on any atom is 0.296 e. The smallest absolute Gasteiger partial charge is 0.296 e. The van der Waals surface area contributed by atoms with Crippen LogP contribution in [0.15, 0.2) is 27.5 Å². The van der Waals surface area contributed by atoms with E-state index in [9.17, 15) is 9.59 Å². The number of hydrogen-bond acceptors (Lipinski definition) is 6. The van der Waals surface area contributed by atoms with Crippen molar-refractivity contribution >= 4 is 34.1 Å². The molecular weight excluding hydrogens is 418 g/mol. The molecule has 3 aromatic rings. The van der Waals surface area contributed by atoms with Gasteiger partial charge in [-0.2, -0.15) is 5.10 Å². The van der Waals surface area contributed by atoms with E-state index in [-0.39, 0.29) is 11.5 Å². The topological polar surface area (TPSA) is 84.5 Å². The van der Waals surface area contributed by atoms with Crippen LogP contribution in [0.2, 0.25) is 5.02 Å². The number of carbonyl (C=O) groups excluding carboxylic acids is 1. The Labute approximate surface area is 185 Å². The van der Waals surface area contributed by atoms with Gasteiger partial charge < -0.3 is 14.3 Å². The molecule has 2 aromatic heterocycles. The molecule has 1 aliphatic rings. The second-order valence-electron chi connectivity index (χ2n) is 7.98. The largest absolute Gasteiger partial charge is 0.368 e. The van der Waals surface area contributed by atoms with Crippen LogP contribution in [0.3, 0.4) is 0 Å². The Bertz CT molecular complexity index is 1180. The summed E-state index contributed by atoms with van der Waals surface area (Å²) in [4.78, 5) is 29.4. The van der Waals surface area contributed by atoms with Gasteiger partial charge in [0.2, 0.25) is 5.91 Å². The lowest BCUT2D eigenvalue weighted by Gasteiger charge is -2.37. The maximum absolute atomic E-state index is 12.7. The summed E-state index contributed by atoms with van der Waals surface area (Å²) in [6.45, 7) is 8.92. The number of aromatic nitrogens is 3. The number of benzene rings is 1. The zero-order chi connectivity index (χ0) is 22.1. The van der Waals surface area contributed by atoms with Gasteiger partial charge >= 0.3 is 0 Å². The van der Waals surface area contributed by atoms with Gasteiger partial charge in [0.25, 0.3) is 5.56 Å². The summed E-state index contributed by atoms with van der Waals surface area (Å²) >= 11 is 6.15. The lowest BCUT2D eigenvalue weighted by atomic mass is 10.1. The van der Waals surface area contributed by atoms with E-state index in [0.717, 1.165) is 23.8 Å². The first kappa shape index (κ1) is 21.4. The Hall–Kier alpha value is -2.87. The number of anilines is 1. The first-order valence-corrected chi connectivity index (χ1v) is 10.9. The number of halogens is 1. The van der Waals surface area contributed by atoms with E-state index in [0.29, 0.717) is 54.8 Å². The highest BCUT2D eigenvalue weighted by molar-refractivity contribution is 6.30. The number of amides is 1. The molecule has 0 bridgehead atoms. The Morgan fingerprint density at radius 1 is 1.16 bits per heavy atom. The summed E-state index contributed by atoms with van der Waals surface area (Å²) in [5.74, 6) is 0.692. The highest BCUT2D eigenvalue weighted by atomic mass is 35.5. The number of carbonyl (C=O) groups is 1. The third-order valence-electron chi connectivity index (χ3n) is 5.84. The Morgan fingerprint density at radius 2 is 1.90 bits per heavy atom. The molecule has 0 aliphatic carbocycles. The zero-order valence-electron chi connectivity index (χ0n) is 18.0. The van der Waals surface area contributed by atoms with Crippen molar-refractivity contribution in [1.82, 2.24) is 19.8 Å². The van der Waals surface area contributed by atoms with Crippen LogP contribution in [0.5, 0.6) is 0 Å². The molecule has 1 amide bonds. The number of nitrogens with zero attached hydrogens (tertiary/aromatic N) is 5. The predicted octanol–water partition coefficient (Wildman–Crippen LogP) is 3.09. The van der Waals surface area contributed by atoms with Crippen LogP contribution >= 0.6 is 11.6 Å². The van der Waals surface area contributed by atoms with Crippen LogP contribution in [0, 0.1) is 20.8 Å². The first-order chi connectivity index (χ1) is 14.8. The van der Waals surface area contributed by atoms with E-state index in [1.807, 2.05) is 30.0 Å². The van der Waals surface area contributed by atoms with E-state index in [4.69, 9.17) is 16.1 Å². The van der Waals surface area contributed by atoms with E-state index in [1.165, 1.54) is 10.2 Å². The summed E-state index contributed by atoms with van der Waals surface area (Å²) in [6.07, 6.45) is 0.917. The van der Waals surface area contributed by atoms with Gasteiger partial charge in [0.05, 0.1) is 11.1 Å². The van der Waals surface area contributed by atoms with Gasteiger partial charge in [-0.15, -0.1) is 0 Å². The van der Waals surface area contributed by atoms with E-state index in [1.54, 1.807) is 6.92 Å². The Kier molecular flexibility index (Phi) is 6.00. The van der Waals surface area contributed by atoms with Gasteiger partial charge in [-0.3, -0.25) is 9.59 Å². The second-order valence-corrected chi connectivity index (χ2v) is 8.41. The average Bonchev–Trinajstić information content (AvgIpc) is 3.15. The fraction of sp³-hybridized carbons (Fsp3) is 0.455. The number of aryl methyl sites for hydroxylation is 4. The van der Waals surface area contributed by atoms with Crippen molar-refractivity contribution in [1.29, 1.82) is 0 Å². The van der Waals surface area contributed by atoms with Crippen LogP contribution in [0.1, 0.15) is 29.9 Å². The highest BCUT2D eigenvalue weighted by Gasteiger charge is 2.22. The summed E-state index contributed by atoms with van der Waals surface area (Å²) in [5.41, 5.74) is 3.02. The molecule has 0 saturated carbocycles. The Morgan fingerprint density at radius 3 is 2.65 bits per heavy atom. The third-order valence-corrected chi connectivity index (χ3v) is 6.07. The molecule has 0 radical (unpaired) electrons. The summed E-state index contributed by atoms with van der Waals surface area (Å²) < 4.78 is 6.51. The lowest BCUT2D eigenvalue weighted by molar-refractivity contribution is -0.131. The van der Waals surface area contributed by atoms with Crippen LogP contribution in [0.25, 0.3) is 10.9 Å². The van der Waals surface area contributed by atoms with Crippen LogP contribution in [-0.2, 0) is 11.3 Å². The van der Waals surface area contributed by atoms with Crippen molar-refractivity contribution in [2.75, 3.05) is 31.1 Å². The van der Waals surface area contributed by atoms with Crippen molar-refractivity contribution in [3.8, 4) is 0 Å². The minimum absolute atomic E-state index is 0.102. The molecule has 1 aliphatic heterocycles. The van der Waals surface area contributed by atoms with Crippen molar-refractivity contribution in [2.45, 2.75) is 40.2 Å². The molecule has 0 spiro atoms. The monoisotopic (exact) mass is 443 g/mol. The molecule has 164 valence electrons. The number of fused-ring (bicyclic) bond motifs is 1. The molecule has 4 rings (SSSR count). The summed E-state index contributed by atoms with van der Waals surface area (Å²) in [5, 5.41) is 9.62.